The Hall–Kier alpha value is -0.610. The molecule has 0 heterocycles. The molecule has 18 heavy (non-hydrogen) atoms. The summed E-state index contributed by atoms with van der Waals surface area (Å²) in [5, 5.41) is 0. The van der Waals surface area contributed by atoms with E-state index in [1.165, 1.54) is 19.3 Å². The van der Waals surface area contributed by atoms with Gasteiger partial charge in [0.15, 0.2) is 0 Å². The van der Waals surface area contributed by atoms with Crippen molar-refractivity contribution in [1.29, 1.82) is 0 Å². The molecule has 0 unspecified atom stereocenters. The Morgan fingerprint density at radius 2 is 1.78 bits per heavy atom. The molecule has 4 heteroatoms. The number of carbonyl (C=O) groups is 1. The lowest BCUT2D eigenvalue weighted by atomic mass is 9.75. The fraction of sp³-hybridized carbons (Fsp3) is 0.929. The van der Waals surface area contributed by atoms with Crippen molar-refractivity contribution >= 4 is 5.91 Å². The van der Waals surface area contributed by atoms with Crippen molar-refractivity contribution in [2.24, 2.45) is 11.1 Å². The van der Waals surface area contributed by atoms with E-state index in [4.69, 9.17) is 5.73 Å². The molecule has 1 saturated carbocycles. The van der Waals surface area contributed by atoms with Crippen LogP contribution in [0, 0.1) is 5.41 Å². The fourth-order valence-corrected chi connectivity index (χ4v) is 2.46. The Bertz CT molecular complexity index is 303. The molecule has 0 aromatic rings. The molecule has 0 aliphatic heterocycles. The average molecular weight is 255 g/mol. The summed E-state index contributed by atoms with van der Waals surface area (Å²) in [6.45, 7) is 6.81. The molecule has 1 aliphatic rings. The molecule has 106 valence electrons. The van der Waals surface area contributed by atoms with Gasteiger partial charge in [0.25, 0.3) is 0 Å². The predicted octanol–water partition coefficient (Wildman–Crippen LogP) is 1.30. The van der Waals surface area contributed by atoms with Gasteiger partial charge in [0, 0.05) is 19.1 Å². The molecule has 1 amide bonds. The Labute approximate surface area is 111 Å². The van der Waals surface area contributed by atoms with Crippen molar-refractivity contribution in [3.8, 4) is 0 Å². The van der Waals surface area contributed by atoms with Crippen LogP contribution in [0.4, 0.5) is 0 Å². The summed E-state index contributed by atoms with van der Waals surface area (Å²) < 4.78 is 0. The standard InChI is InChI=1S/C14H29N3O/c1-13(2,3)11(15)12(18)17(6)10-14(16(4)5)8-7-9-14/h11H,7-10,15H2,1-6H3/t11-/m1/s1. The molecule has 0 aromatic heterocycles. The van der Waals surface area contributed by atoms with E-state index >= 15 is 0 Å². The van der Waals surface area contributed by atoms with Crippen LogP contribution in [0.2, 0.25) is 0 Å². The van der Waals surface area contributed by atoms with Crippen molar-refractivity contribution in [2.75, 3.05) is 27.7 Å². The van der Waals surface area contributed by atoms with E-state index in [9.17, 15) is 4.79 Å². The molecule has 0 aromatic carbocycles. The molecule has 4 nitrogen and oxygen atoms in total. The van der Waals surface area contributed by atoms with Crippen LogP contribution in [-0.4, -0.2) is 55.0 Å². The Morgan fingerprint density at radius 1 is 1.28 bits per heavy atom. The lowest BCUT2D eigenvalue weighted by Gasteiger charge is -2.49. The molecule has 1 fully saturated rings. The monoisotopic (exact) mass is 255 g/mol. The third-order valence-electron chi connectivity index (χ3n) is 4.34. The molecule has 1 aliphatic carbocycles. The van der Waals surface area contributed by atoms with Crippen molar-refractivity contribution in [1.82, 2.24) is 9.80 Å². The Morgan fingerprint density at radius 3 is 2.06 bits per heavy atom. The van der Waals surface area contributed by atoms with Gasteiger partial charge in [-0.25, -0.2) is 0 Å². The highest BCUT2D eigenvalue weighted by Gasteiger charge is 2.41. The van der Waals surface area contributed by atoms with E-state index < -0.39 is 6.04 Å². The summed E-state index contributed by atoms with van der Waals surface area (Å²) in [5.41, 5.74) is 6.03. The summed E-state index contributed by atoms with van der Waals surface area (Å²) in [5.74, 6) is 0.0515. The molecule has 0 bridgehead atoms. The van der Waals surface area contributed by atoms with Crippen LogP contribution in [0.3, 0.4) is 0 Å². The molecule has 2 N–H and O–H groups in total. The average Bonchev–Trinajstić information content (AvgIpc) is 2.18. The van der Waals surface area contributed by atoms with Gasteiger partial charge in [-0.15, -0.1) is 0 Å². The zero-order valence-corrected chi connectivity index (χ0v) is 12.8. The highest BCUT2D eigenvalue weighted by atomic mass is 16.2. The molecule has 1 rings (SSSR count). The van der Waals surface area contributed by atoms with Crippen LogP contribution < -0.4 is 5.73 Å². The van der Waals surface area contributed by atoms with Gasteiger partial charge in [-0.3, -0.25) is 4.79 Å². The van der Waals surface area contributed by atoms with E-state index in [1.807, 2.05) is 32.7 Å². The van der Waals surface area contributed by atoms with Gasteiger partial charge in [-0.2, -0.15) is 0 Å². The number of nitrogens with zero attached hydrogens (tertiary/aromatic N) is 2. The van der Waals surface area contributed by atoms with Crippen LogP contribution in [0.25, 0.3) is 0 Å². The van der Waals surface area contributed by atoms with E-state index in [0.29, 0.717) is 0 Å². The van der Waals surface area contributed by atoms with E-state index in [2.05, 4.69) is 19.0 Å². The summed E-state index contributed by atoms with van der Waals surface area (Å²) in [7, 11) is 6.07. The Balaban J connectivity index is 2.65. The zero-order valence-electron chi connectivity index (χ0n) is 12.8. The SMILES string of the molecule is CN(CC1(N(C)C)CCC1)C(=O)[C@@H](N)C(C)(C)C. The normalized spacial score (nSPS) is 20.4. The van der Waals surface area contributed by atoms with E-state index in [1.54, 1.807) is 0 Å². The van der Waals surface area contributed by atoms with Crippen molar-refractivity contribution in [3.63, 3.8) is 0 Å². The first-order valence-electron chi connectivity index (χ1n) is 6.78. The highest BCUT2D eigenvalue weighted by Crippen LogP contribution is 2.36. The van der Waals surface area contributed by atoms with Gasteiger partial charge in [-0.1, -0.05) is 20.8 Å². The maximum Gasteiger partial charge on any atom is 0.239 e. The van der Waals surface area contributed by atoms with Crippen LogP contribution in [-0.2, 0) is 4.79 Å². The van der Waals surface area contributed by atoms with Gasteiger partial charge in [0.2, 0.25) is 5.91 Å². The second-order valence-corrected chi connectivity index (χ2v) is 7.01. The minimum atomic E-state index is -0.429. The first kappa shape index (κ1) is 15.4. The lowest BCUT2D eigenvalue weighted by molar-refractivity contribution is -0.136. The number of hydrogen-bond acceptors (Lipinski definition) is 3. The number of nitrogens with two attached hydrogens (primary N) is 1. The third-order valence-corrected chi connectivity index (χ3v) is 4.34. The maximum atomic E-state index is 12.3. The molecular formula is C14H29N3O. The predicted molar refractivity (Wildman–Crippen MR) is 75.3 cm³/mol. The summed E-state index contributed by atoms with van der Waals surface area (Å²) in [6.07, 6.45) is 3.59. The van der Waals surface area contributed by atoms with Crippen LogP contribution in [0.1, 0.15) is 40.0 Å². The molecule has 0 saturated heterocycles. The molecular weight excluding hydrogens is 226 g/mol. The first-order chi connectivity index (χ1) is 8.10. The Kier molecular flexibility index (Phi) is 4.44. The number of rotatable bonds is 4. The van der Waals surface area contributed by atoms with Crippen molar-refractivity contribution in [3.05, 3.63) is 0 Å². The topological polar surface area (TPSA) is 49.6 Å². The summed E-state index contributed by atoms with van der Waals surface area (Å²) >= 11 is 0. The smallest absolute Gasteiger partial charge is 0.239 e. The van der Waals surface area contributed by atoms with Crippen molar-refractivity contribution in [2.45, 2.75) is 51.6 Å². The summed E-state index contributed by atoms with van der Waals surface area (Å²) in [6, 6.07) is -0.429. The van der Waals surface area contributed by atoms with Gasteiger partial charge < -0.3 is 15.5 Å². The largest absolute Gasteiger partial charge is 0.343 e. The van der Waals surface area contributed by atoms with Crippen LogP contribution in [0.15, 0.2) is 0 Å². The van der Waals surface area contributed by atoms with E-state index in [0.717, 1.165) is 6.54 Å². The lowest BCUT2D eigenvalue weighted by Crippen LogP contribution is -2.60. The van der Waals surface area contributed by atoms with Gasteiger partial charge in [-0.05, 0) is 38.8 Å². The van der Waals surface area contributed by atoms with Gasteiger partial charge in [0.1, 0.15) is 0 Å². The van der Waals surface area contributed by atoms with Crippen LogP contribution in [0.5, 0.6) is 0 Å². The van der Waals surface area contributed by atoms with Crippen LogP contribution >= 0.6 is 0 Å². The van der Waals surface area contributed by atoms with E-state index in [-0.39, 0.29) is 16.9 Å². The number of hydrogen-bond donors (Lipinski definition) is 1. The fourth-order valence-electron chi connectivity index (χ4n) is 2.46. The maximum absolute atomic E-state index is 12.3. The molecule has 1 atom stereocenters. The number of likely N-dealkylation sites (N-methyl/N-ethyl adjacent to an activating group) is 2. The van der Waals surface area contributed by atoms with Gasteiger partial charge >= 0.3 is 0 Å². The minimum absolute atomic E-state index is 0.0515. The second-order valence-electron chi connectivity index (χ2n) is 7.01. The minimum Gasteiger partial charge on any atom is -0.343 e. The third kappa shape index (κ3) is 3.04. The quantitative estimate of drug-likeness (QED) is 0.824. The zero-order chi connectivity index (χ0) is 14.1. The highest BCUT2D eigenvalue weighted by molar-refractivity contribution is 5.82. The number of amides is 1. The second kappa shape index (κ2) is 5.17. The van der Waals surface area contributed by atoms with Crippen molar-refractivity contribution < 1.29 is 4.79 Å². The first-order valence-corrected chi connectivity index (χ1v) is 6.78. The summed E-state index contributed by atoms with van der Waals surface area (Å²) in [4.78, 5) is 16.4. The molecule has 0 spiro atoms. The van der Waals surface area contributed by atoms with Gasteiger partial charge in [0.05, 0.1) is 6.04 Å². The molecule has 0 radical (unpaired) electrons. The number of carbonyl (C=O) groups excluding carboxylic acids is 1.